The Morgan fingerprint density at radius 2 is 1.68 bits per heavy atom. The fraction of sp³-hybridized carbons (Fsp3) is 0.300. The number of carbonyl (C=O) groups is 2. The summed E-state index contributed by atoms with van der Waals surface area (Å²) < 4.78 is 26.6. The summed E-state index contributed by atoms with van der Waals surface area (Å²) in [5.41, 5.74) is 1.39. The number of anilines is 2. The van der Waals surface area contributed by atoms with E-state index in [1.165, 1.54) is 23.4 Å². The molecule has 0 fully saturated rings. The normalized spacial score (nSPS) is 11.3. The van der Waals surface area contributed by atoms with Crippen LogP contribution in [0.2, 0.25) is 0 Å². The fourth-order valence-electron chi connectivity index (χ4n) is 2.75. The van der Waals surface area contributed by atoms with Crippen molar-refractivity contribution in [3.63, 3.8) is 0 Å². The fourth-order valence-corrected chi connectivity index (χ4v) is 4.26. The number of nitrogens with one attached hydrogen (secondary N) is 2. The predicted molar refractivity (Wildman–Crippen MR) is 110 cm³/mol. The van der Waals surface area contributed by atoms with Gasteiger partial charge in [-0.3, -0.25) is 9.59 Å². The van der Waals surface area contributed by atoms with Crippen molar-refractivity contribution in [2.75, 3.05) is 30.3 Å². The third kappa shape index (κ3) is 5.17. The molecule has 0 aromatic heterocycles. The van der Waals surface area contributed by atoms with E-state index in [-0.39, 0.29) is 23.1 Å². The van der Waals surface area contributed by atoms with Gasteiger partial charge in [-0.1, -0.05) is 32.0 Å². The summed E-state index contributed by atoms with van der Waals surface area (Å²) in [6.07, 6.45) is 0. The van der Waals surface area contributed by atoms with Crippen LogP contribution in [0.25, 0.3) is 0 Å². The zero-order valence-electron chi connectivity index (χ0n) is 16.2. The summed E-state index contributed by atoms with van der Waals surface area (Å²) in [6.45, 7) is 5.70. The second-order valence-electron chi connectivity index (χ2n) is 6.12. The van der Waals surface area contributed by atoms with Crippen molar-refractivity contribution in [3.05, 3.63) is 54.1 Å². The molecule has 2 aromatic rings. The number of amides is 1. The van der Waals surface area contributed by atoms with Crippen molar-refractivity contribution in [1.29, 1.82) is 0 Å². The molecule has 0 saturated heterocycles. The molecule has 28 heavy (non-hydrogen) atoms. The zero-order valence-corrected chi connectivity index (χ0v) is 17.0. The van der Waals surface area contributed by atoms with E-state index in [1.54, 1.807) is 50.2 Å². The lowest BCUT2D eigenvalue weighted by atomic mass is 10.1. The van der Waals surface area contributed by atoms with Gasteiger partial charge in [-0.2, -0.15) is 4.31 Å². The van der Waals surface area contributed by atoms with Gasteiger partial charge in [-0.05, 0) is 37.3 Å². The largest absolute Gasteiger partial charge is 0.376 e. The standard InChI is InChI=1S/C20H25N3O4S/c1-4-23(5-2)28(26,27)17-10-8-9-16(13-17)21-14-20(25)22-19-12-7-6-11-18(19)15(3)24/h6-13,21H,4-5,14H2,1-3H3,(H,22,25). The lowest BCUT2D eigenvalue weighted by molar-refractivity contribution is -0.114. The molecule has 0 aliphatic heterocycles. The van der Waals surface area contributed by atoms with E-state index in [1.807, 2.05) is 0 Å². The van der Waals surface area contributed by atoms with Gasteiger partial charge in [-0.25, -0.2) is 8.42 Å². The Morgan fingerprint density at radius 1 is 1.00 bits per heavy atom. The third-order valence-electron chi connectivity index (χ3n) is 4.21. The van der Waals surface area contributed by atoms with Gasteiger partial charge in [0, 0.05) is 24.3 Å². The maximum absolute atomic E-state index is 12.6. The second kappa shape index (κ2) is 9.48. The minimum absolute atomic E-state index is 0.0684. The molecule has 1 amide bonds. The Balaban J connectivity index is 2.08. The highest BCUT2D eigenvalue weighted by Crippen LogP contribution is 2.20. The Hall–Kier alpha value is -2.71. The Morgan fingerprint density at radius 3 is 2.32 bits per heavy atom. The van der Waals surface area contributed by atoms with Gasteiger partial charge in [0.1, 0.15) is 0 Å². The van der Waals surface area contributed by atoms with E-state index in [9.17, 15) is 18.0 Å². The molecule has 2 N–H and O–H groups in total. The molecule has 0 atom stereocenters. The van der Waals surface area contributed by atoms with Gasteiger partial charge >= 0.3 is 0 Å². The van der Waals surface area contributed by atoms with E-state index in [4.69, 9.17) is 0 Å². The maximum Gasteiger partial charge on any atom is 0.243 e. The zero-order chi connectivity index (χ0) is 20.7. The Labute approximate surface area is 165 Å². The highest BCUT2D eigenvalue weighted by atomic mass is 32.2. The summed E-state index contributed by atoms with van der Waals surface area (Å²) in [5.74, 6) is -0.483. The molecule has 0 unspecified atom stereocenters. The lowest BCUT2D eigenvalue weighted by Gasteiger charge is -2.19. The molecule has 150 valence electrons. The number of Topliss-reactive ketones (excluding diaryl/α,β-unsaturated/α-hetero) is 1. The molecule has 2 aromatic carbocycles. The smallest absolute Gasteiger partial charge is 0.243 e. The molecule has 0 aliphatic rings. The molecule has 0 bridgehead atoms. The molecule has 0 spiro atoms. The Kier molecular flexibility index (Phi) is 7.31. The van der Waals surface area contributed by atoms with Crippen LogP contribution in [-0.2, 0) is 14.8 Å². The predicted octanol–water partition coefficient (Wildman–Crippen LogP) is 2.97. The number of benzene rings is 2. The van der Waals surface area contributed by atoms with Gasteiger partial charge in [0.2, 0.25) is 15.9 Å². The summed E-state index contributed by atoms with van der Waals surface area (Å²) in [5, 5.41) is 5.62. The second-order valence-corrected chi connectivity index (χ2v) is 8.06. The van der Waals surface area contributed by atoms with Gasteiger partial charge in [-0.15, -0.1) is 0 Å². The van der Waals surface area contributed by atoms with Crippen LogP contribution < -0.4 is 10.6 Å². The average molecular weight is 404 g/mol. The van der Waals surface area contributed by atoms with Crippen molar-refractivity contribution in [2.24, 2.45) is 0 Å². The Bertz CT molecular complexity index is 953. The van der Waals surface area contributed by atoms with Gasteiger partial charge in [0.05, 0.1) is 17.1 Å². The van der Waals surface area contributed by atoms with Crippen LogP contribution in [-0.4, -0.2) is 44.0 Å². The van der Waals surface area contributed by atoms with Crippen LogP contribution in [0.1, 0.15) is 31.1 Å². The molecule has 0 saturated carbocycles. The minimum Gasteiger partial charge on any atom is -0.376 e. The maximum atomic E-state index is 12.6. The van der Waals surface area contributed by atoms with E-state index in [0.29, 0.717) is 30.0 Å². The van der Waals surface area contributed by atoms with Crippen LogP contribution in [0.4, 0.5) is 11.4 Å². The number of hydrogen-bond donors (Lipinski definition) is 2. The average Bonchev–Trinajstić information content (AvgIpc) is 2.67. The van der Waals surface area contributed by atoms with Crippen molar-refractivity contribution in [3.8, 4) is 0 Å². The summed E-state index contributed by atoms with van der Waals surface area (Å²) in [6, 6.07) is 13.1. The first kappa shape index (κ1) is 21.6. The first-order chi connectivity index (χ1) is 13.3. The molecule has 0 heterocycles. The van der Waals surface area contributed by atoms with Gasteiger partial charge in [0.25, 0.3) is 0 Å². The SMILES string of the molecule is CCN(CC)S(=O)(=O)c1cccc(NCC(=O)Nc2ccccc2C(C)=O)c1. The van der Waals surface area contributed by atoms with E-state index in [2.05, 4.69) is 10.6 Å². The summed E-state index contributed by atoms with van der Waals surface area (Å²) in [7, 11) is -3.57. The van der Waals surface area contributed by atoms with Crippen LogP contribution >= 0.6 is 0 Å². The number of para-hydroxylation sites is 1. The molecule has 2 rings (SSSR count). The third-order valence-corrected chi connectivity index (χ3v) is 6.26. The highest BCUT2D eigenvalue weighted by Gasteiger charge is 2.21. The number of ketones is 1. The highest BCUT2D eigenvalue weighted by molar-refractivity contribution is 7.89. The van der Waals surface area contributed by atoms with Gasteiger partial charge < -0.3 is 10.6 Å². The number of nitrogens with zero attached hydrogens (tertiary/aromatic N) is 1. The summed E-state index contributed by atoms with van der Waals surface area (Å²) >= 11 is 0. The summed E-state index contributed by atoms with van der Waals surface area (Å²) in [4.78, 5) is 24.0. The topological polar surface area (TPSA) is 95.6 Å². The lowest BCUT2D eigenvalue weighted by Crippen LogP contribution is -2.30. The number of hydrogen-bond acceptors (Lipinski definition) is 5. The van der Waals surface area contributed by atoms with Crippen molar-refractivity contribution in [1.82, 2.24) is 4.31 Å². The molecule has 0 aliphatic carbocycles. The number of carbonyl (C=O) groups excluding carboxylic acids is 2. The monoisotopic (exact) mass is 403 g/mol. The number of rotatable bonds is 9. The first-order valence-electron chi connectivity index (χ1n) is 9.03. The van der Waals surface area contributed by atoms with E-state index >= 15 is 0 Å². The first-order valence-corrected chi connectivity index (χ1v) is 10.5. The molecule has 0 radical (unpaired) electrons. The van der Waals surface area contributed by atoms with Crippen LogP contribution in [0.5, 0.6) is 0 Å². The van der Waals surface area contributed by atoms with Crippen LogP contribution in [0, 0.1) is 0 Å². The van der Waals surface area contributed by atoms with Crippen LogP contribution in [0.15, 0.2) is 53.4 Å². The molecular weight excluding hydrogens is 378 g/mol. The van der Waals surface area contributed by atoms with E-state index < -0.39 is 10.0 Å². The quantitative estimate of drug-likeness (QED) is 0.628. The molecule has 8 heteroatoms. The van der Waals surface area contributed by atoms with Crippen molar-refractivity contribution in [2.45, 2.75) is 25.7 Å². The van der Waals surface area contributed by atoms with Crippen LogP contribution in [0.3, 0.4) is 0 Å². The molecular formula is C20H25N3O4S. The van der Waals surface area contributed by atoms with Crippen molar-refractivity contribution >= 4 is 33.1 Å². The molecule has 7 nitrogen and oxygen atoms in total. The van der Waals surface area contributed by atoms with E-state index in [0.717, 1.165) is 0 Å². The minimum atomic E-state index is -3.57. The van der Waals surface area contributed by atoms with Crippen molar-refractivity contribution < 1.29 is 18.0 Å². The van der Waals surface area contributed by atoms with Gasteiger partial charge in [0.15, 0.2) is 5.78 Å². The number of sulfonamides is 1.